The van der Waals surface area contributed by atoms with Crippen LogP contribution in [0.5, 0.6) is 0 Å². The van der Waals surface area contributed by atoms with Crippen molar-refractivity contribution < 1.29 is 22.8 Å². The van der Waals surface area contributed by atoms with Crippen LogP contribution in [0.1, 0.15) is 12.5 Å². The van der Waals surface area contributed by atoms with Crippen LogP contribution in [-0.4, -0.2) is 28.6 Å². The molecule has 1 atom stereocenters. The van der Waals surface area contributed by atoms with Crippen LogP contribution in [0.25, 0.3) is 0 Å². The lowest BCUT2D eigenvalue weighted by molar-refractivity contribution is -0.191. The van der Waals surface area contributed by atoms with E-state index in [1.54, 1.807) is 35.6 Å². The van der Waals surface area contributed by atoms with Gasteiger partial charge in [0.25, 0.3) is 5.91 Å². The van der Waals surface area contributed by atoms with Crippen LogP contribution in [-0.2, 0) is 11.3 Å². The zero-order valence-electron chi connectivity index (χ0n) is 9.99. The van der Waals surface area contributed by atoms with Gasteiger partial charge in [-0.3, -0.25) is 9.69 Å². The third-order valence-electron chi connectivity index (χ3n) is 3.03. The first-order valence-electron chi connectivity index (χ1n) is 5.50. The summed E-state index contributed by atoms with van der Waals surface area (Å²) in [5.74, 6) is -1.28. The summed E-state index contributed by atoms with van der Waals surface area (Å²) >= 11 is 0. The molecule has 0 aliphatic carbocycles. The van der Waals surface area contributed by atoms with Gasteiger partial charge in [0.1, 0.15) is 0 Å². The first kappa shape index (κ1) is 13.4. The van der Waals surface area contributed by atoms with Gasteiger partial charge in [-0.25, -0.2) is 4.79 Å². The molecule has 2 rings (SSSR count). The van der Waals surface area contributed by atoms with Gasteiger partial charge < -0.3 is 5.32 Å². The normalized spacial score (nSPS) is 23.7. The molecule has 0 saturated carbocycles. The molecule has 1 N–H and O–H groups in total. The number of alkyl halides is 3. The second-order valence-corrected chi connectivity index (χ2v) is 4.43. The molecule has 4 nitrogen and oxygen atoms in total. The SMILES string of the molecule is CC1(C(F)(F)F)NC(=O)N(Cc2ccccc2)C1=O. The van der Waals surface area contributed by atoms with E-state index in [4.69, 9.17) is 0 Å². The highest BCUT2D eigenvalue weighted by Crippen LogP contribution is 2.35. The van der Waals surface area contributed by atoms with E-state index in [9.17, 15) is 22.8 Å². The Labute approximate surface area is 107 Å². The van der Waals surface area contributed by atoms with Gasteiger partial charge in [0, 0.05) is 0 Å². The third kappa shape index (κ3) is 2.16. The largest absolute Gasteiger partial charge is 0.420 e. The van der Waals surface area contributed by atoms with Crippen LogP contribution in [0.4, 0.5) is 18.0 Å². The van der Waals surface area contributed by atoms with E-state index in [1.807, 2.05) is 0 Å². The smallest absolute Gasteiger partial charge is 0.316 e. The number of hydrogen-bond acceptors (Lipinski definition) is 2. The molecule has 1 saturated heterocycles. The molecule has 0 spiro atoms. The Kier molecular flexibility index (Phi) is 3.00. The minimum absolute atomic E-state index is 0.183. The van der Waals surface area contributed by atoms with Crippen molar-refractivity contribution in [3.05, 3.63) is 35.9 Å². The van der Waals surface area contributed by atoms with Crippen molar-refractivity contribution >= 4 is 11.9 Å². The fourth-order valence-corrected chi connectivity index (χ4v) is 1.80. The number of imide groups is 1. The summed E-state index contributed by atoms with van der Waals surface area (Å²) in [6.07, 6.45) is -4.83. The zero-order valence-corrected chi connectivity index (χ0v) is 9.99. The summed E-state index contributed by atoms with van der Waals surface area (Å²) < 4.78 is 38.5. The monoisotopic (exact) mass is 272 g/mol. The average Bonchev–Trinajstić information content (AvgIpc) is 2.55. The average molecular weight is 272 g/mol. The molecule has 0 radical (unpaired) electrons. The Bertz CT molecular complexity index is 515. The number of nitrogens with one attached hydrogen (secondary N) is 1. The van der Waals surface area contributed by atoms with Crippen LogP contribution in [0.3, 0.4) is 0 Å². The highest BCUT2D eigenvalue weighted by molar-refractivity contribution is 6.07. The first-order valence-corrected chi connectivity index (χ1v) is 5.50. The molecule has 0 aromatic heterocycles. The van der Waals surface area contributed by atoms with Crippen molar-refractivity contribution in [3.63, 3.8) is 0 Å². The zero-order chi connectivity index (χ0) is 14.3. The molecular weight excluding hydrogens is 261 g/mol. The number of hydrogen-bond donors (Lipinski definition) is 1. The topological polar surface area (TPSA) is 49.4 Å². The number of rotatable bonds is 2. The van der Waals surface area contributed by atoms with Crippen LogP contribution in [0, 0.1) is 0 Å². The van der Waals surface area contributed by atoms with Gasteiger partial charge in [0.05, 0.1) is 6.54 Å². The van der Waals surface area contributed by atoms with Crippen molar-refractivity contribution in [2.75, 3.05) is 0 Å². The second kappa shape index (κ2) is 4.25. The summed E-state index contributed by atoms with van der Waals surface area (Å²) in [5.41, 5.74) is -2.27. The van der Waals surface area contributed by atoms with Crippen LogP contribution in [0.15, 0.2) is 30.3 Å². The van der Waals surface area contributed by atoms with Gasteiger partial charge in [0.15, 0.2) is 0 Å². The van der Waals surface area contributed by atoms with Crippen LogP contribution >= 0.6 is 0 Å². The number of nitrogens with zero attached hydrogens (tertiary/aromatic N) is 1. The van der Waals surface area contributed by atoms with E-state index in [0.717, 1.165) is 0 Å². The lowest BCUT2D eigenvalue weighted by Gasteiger charge is -2.24. The molecule has 1 unspecified atom stereocenters. The van der Waals surface area contributed by atoms with Crippen molar-refractivity contribution in [2.45, 2.75) is 25.2 Å². The Morgan fingerprint density at radius 3 is 2.26 bits per heavy atom. The maximum absolute atomic E-state index is 12.8. The Hall–Kier alpha value is -2.05. The molecule has 102 valence electrons. The molecule has 1 aromatic rings. The second-order valence-electron chi connectivity index (χ2n) is 4.43. The number of carbonyl (C=O) groups excluding carboxylic acids is 2. The van der Waals surface area contributed by atoms with E-state index in [-0.39, 0.29) is 6.54 Å². The Morgan fingerprint density at radius 2 is 1.79 bits per heavy atom. The molecule has 3 amide bonds. The number of benzene rings is 1. The van der Waals surface area contributed by atoms with Gasteiger partial charge in [0.2, 0.25) is 5.54 Å². The van der Waals surface area contributed by atoms with Gasteiger partial charge in [-0.2, -0.15) is 13.2 Å². The summed E-state index contributed by atoms with van der Waals surface area (Å²) in [6, 6.07) is 7.31. The van der Waals surface area contributed by atoms with E-state index in [1.165, 1.54) is 0 Å². The van der Waals surface area contributed by atoms with E-state index < -0.39 is 23.7 Å². The van der Waals surface area contributed by atoms with Crippen molar-refractivity contribution in [3.8, 4) is 0 Å². The lowest BCUT2D eigenvalue weighted by Crippen LogP contribution is -2.56. The highest BCUT2D eigenvalue weighted by atomic mass is 19.4. The molecule has 19 heavy (non-hydrogen) atoms. The minimum atomic E-state index is -4.83. The van der Waals surface area contributed by atoms with Crippen LogP contribution in [0.2, 0.25) is 0 Å². The predicted molar refractivity (Wildman–Crippen MR) is 60.0 cm³/mol. The fraction of sp³-hybridized carbons (Fsp3) is 0.333. The number of carbonyl (C=O) groups is 2. The van der Waals surface area contributed by atoms with Gasteiger partial charge >= 0.3 is 12.2 Å². The standard InChI is InChI=1S/C12H11F3N2O2/c1-11(12(13,14)15)9(18)17(10(19)16-11)7-8-5-3-2-4-6-8/h2-6H,7H2,1H3,(H,16,19). The van der Waals surface area contributed by atoms with Crippen LogP contribution < -0.4 is 5.32 Å². The minimum Gasteiger partial charge on any atom is -0.316 e. The summed E-state index contributed by atoms with van der Waals surface area (Å²) in [7, 11) is 0. The van der Waals surface area contributed by atoms with E-state index in [0.29, 0.717) is 17.4 Å². The third-order valence-corrected chi connectivity index (χ3v) is 3.03. The van der Waals surface area contributed by atoms with E-state index in [2.05, 4.69) is 0 Å². The molecular formula is C12H11F3N2O2. The number of halogens is 3. The maximum Gasteiger partial charge on any atom is 0.420 e. The highest BCUT2D eigenvalue weighted by Gasteiger charge is 2.64. The van der Waals surface area contributed by atoms with Gasteiger partial charge in [-0.15, -0.1) is 0 Å². The molecule has 1 aliphatic heterocycles. The molecule has 1 aliphatic rings. The molecule has 1 fully saturated rings. The Morgan fingerprint density at radius 1 is 1.21 bits per heavy atom. The number of amides is 3. The maximum atomic E-state index is 12.8. The molecule has 0 bridgehead atoms. The quantitative estimate of drug-likeness (QED) is 0.838. The van der Waals surface area contributed by atoms with Crippen molar-refractivity contribution in [1.82, 2.24) is 10.2 Å². The number of urea groups is 1. The summed E-state index contributed by atoms with van der Waals surface area (Å²) in [4.78, 5) is 23.9. The summed E-state index contributed by atoms with van der Waals surface area (Å²) in [5, 5.41) is 1.70. The Balaban J connectivity index is 2.25. The lowest BCUT2D eigenvalue weighted by atomic mass is 10.0. The first-order chi connectivity index (χ1) is 8.75. The molecule has 1 aromatic carbocycles. The van der Waals surface area contributed by atoms with Crippen molar-refractivity contribution in [1.29, 1.82) is 0 Å². The van der Waals surface area contributed by atoms with Gasteiger partial charge in [-0.1, -0.05) is 30.3 Å². The van der Waals surface area contributed by atoms with Crippen molar-refractivity contribution in [2.24, 2.45) is 0 Å². The molecule has 7 heteroatoms. The predicted octanol–water partition coefficient (Wildman–Crippen LogP) is 2.06. The summed E-state index contributed by atoms with van der Waals surface area (Å²) in [6.45, 7) is 0.482. The van der Waals surface area contributed by atoms with E-state index >= 15 is 0 Å². The fourth-order valence-electron chi connectivity index (χ4n) is 1.80. The molecule has 1 heterocycles. The van der Waals surface area contributed by atoms with Gasteiger partial charge in [-0.05, 0) is 12.5 Å².